The molecule has 242 valence electrons. The Morgan fingerprint density at radius 1 is 0.795 bits per heavy atom. The number of ketones is 1. The molecule has 2 unspecified atom stereocenters. The van der Waals surface area contributed by atoms with Gasteiger partial charge in [0.05, 0.1) is 19.8 Å². The molecule has 16 nitrogen and oxygen atoms in total. The molecule has 0 radical (unpaired) electrons. The van der Waals surface area contributed by atoms with Crippen molar-refractivity contribution in [3.8, 4) is 28.7 Å². The minimum Gasteiger partial charge on any atom is -0.508 e. The number of benzene rings is 2. The van der Waals surface area contributed by atoms with Gasteiger partial charge in [-0.1, -0.05) is 6.07 Å². The van der Waals surface area contributed by atoms with Crippen molar-refractivity contribution < 1.29 is 79.2 Å². The molecule has 9 N–H and O–H groups in total. The average molecular weight is 627 g/mol. The Hall–Kier alpha value is -3.29. The number of phenolic OH excluding ortho intramolecular Hbond substituents is 3. The molecular formula is C28H34O16. The molecule has 0 bridgehead atoms. The van der Waals surface area contributed by atoms with Crippen molar-refractivity contribution in [2.24, 2.45) is 0 Å². The Bertz CT molecular complexity index is 1350. The number of hydrogen-bond donors (Lipinski definition) is 9. The molecule has 2 aromatic carbocycles. The number of aliphatic hydroxyl groups is 6. The van der Waals surface area contributed by atoms with Crippen LogP contribution in [0.3, 0.4) is 0 Å². The zero-order valence-electron chi connectivity index (χ0n) is 23.4. The molecule has 0 aliphatic carbocycles. The summed E-state index contributed by atoms with van der Waals surface area (Å²) >= 11 is 0. The number of aliphatic hydroxyl groups excluding tert-OH is 6. The van der Waals surface area contributed by atoms with Gasteiger partial charge in [0, 0.05) is 12.1 Å². The van der Waals surface area contributed by atoms with Gasteiger partial charge < -0.3 is 74.4 Å². The molecule has 2 saturated heterocycles. The lowest BCUT2D eigenvalue weighted by molar-refractivity contribution is -0.333. The molecule has 2 fully saturated rings. The number of methoxy groups -OCH3 is 1. The number of carbonyl (C=O) groups is 1. The summed E-state index contributed by atoms with van der Waals surface area (Å²) < 4.78 is 33.5. The SMILES string of the molecule is COc1cc(C2Oc3cc(O)cc(O)c3C(=O)C2O[C@@H]2O[C@H](CO[C@@H]3O[C@@H](C)[C@H](O)[C@@H](O)[C@H]3O)[C@@H](O)[C@H](O)[C@H]2O)ccc1O. The quantitative estimate of drug-likeness (QED) is 0.164. The van der Waals surface area contributed by atoms with E-state index in [9.17, 15) is 50.8 Å². The van der Waals surface area contributed by atoms with Crippen molar-refractivity contribution in [3.05, 3.63) is 41.5 Å². The minimum atomic E-state index is -1.91. The molecule has 0 spiro atoms. The van der Waals surface area contributed by atoms with Gasteiger partial charge in [-0.2, -0.15) is 0 Å². The zero-order valence-corrected chi connectivity index (χ0v) is 23.4. The summed E-state index contributed by atoms with van der Waals surface area (Å²) in [5, 5.41) is 92.6. The van der Waals surface area contributed by atoms with Crippen LogP contribution in [0.1, 0.15) is 28.9 Å². The Balaban J connectivity index is 1.41. The van der Waals surface area contributed by atoms with Crippen molar-refractivity contribution in [1.82, 2.24) is 0 Å². The lowest BCUT2D eigenvalue weighted by Gasteiger charge is -2.44. The molecule has 16 heteroatoms. The highest BCUT2D eigenvalue weighted by Gasteiger charge is 2.50. The van der Waals surface area contributed by atoms with Gasteiger partial charge in [0.15, 0.2) is 36.3 Å². The summed E-state index contributed by atoms with van der Waals surface area (Å²) in [4.78, 5) is 13.7. The Kier molecular flexibility index (Phi) is 9.20. The third-order valence-corrected chi connectivity index (χ3v) is 7.81. The van der Waals surface area contributed by atoms with E-state index in [4.69, 9.17) is 28.4 Å². The third-order valence-electron chi connectivity index (χ3n) is 7.81. The summed E-state index contributed by atoms with van der Waals surface area (Å²) in [6, 6.07) is 6.04. The number of aromatic hydroxyl groups is 3. The molecule has 0 aromatic heterocycles. The molecule has 0 saturated carbocycles. The van der Waals surface area contributed by atoms with Crippen molar-refractivity contribution in [1.29, 1.82) is 0 Å². The predicted octanol–water partition coefficient (Wildman–Crippen LogP) is -1.83. The highest BCUT2D eigenvalue weighted by Crippen LogP contribution is 2.44. The van der Waals surface area contributed by atoms with Crippen LogP contribution in [-0.2, 0) is 18.9 Å². The largest absolute Gasteiger partial charge is 0.508 e. The Labute approximate surface area is 249 Å². The monoisotopic (exact) mass is 626 g/mol. The van der Waals surface area contributed by atoms with E-state index < -0.39 is 97.5 Å². The lowest BCUT2D eigenvalue weighted by Crippen LogP contribution is -2.62. The molecule has 2 aromatic rings. The van der Waals surface area contributed by atoms with Gasteiger partial charge >= 0.3 is 0 Å². The van der Waals surface area contributed by atoms with E-state index in [0.29, 0.717) is 0 Å². The standard InChI is InChI=1S/C28H34O16/c1-9-18(32)21(35)23(37)27(41-9)40-8-16-19(33)22(36)24(38)28(43-16)44-26-20(34)17-13(31)6-11(29)7-15(17)42-25(26)10-3-4-12(30)14(5-10)39-2/h3-7,9,16,18-19,21-33,35-38H,8H2,1-2H3/t9-,16+,18-,19+,21+,22-,23+,24+,25?,26?,27+,28-/m0/s1. The average Bonchev–Trinajstić information content (AvgIpc) is 2.98. The van der Waals surface area contributed by atoms with E-state index in [2.05, 4.69) is 0 Å². The maximum Gasteiger partial charge on any atom is 0.203 e. The van der Waals surface area contributed by atoms with Gasteiger partial charge in [0.2, 0.25) is 5.78 Å². The van der Waals surface area contributed by atoms with E-state index >= 15 is 0 Å². The van der Waals surface area contributed by atoms with Crippen LogP contribution in [-0.4, -0.2) is 133 Å². The number of rotatable bonds is 7. The van der Waals surface area contributed by atoms with Crippen LogP contribution in [0.2, 0.25) is 0 Å². The van der Waals surface area contributed by atoms with Crippen LogP contribution in [0.4, 0.5) is 0 Å². The number of phenols is 3. The topological polar surface area (TPSA) is 255 Å². The number of ether oxygens (including phenoxy) is 6. The lowest BCUT2D eigenvalue weighted by atomic mass is 9.92. The molecular weight excluding hydrogens is 592 g/mol. The highest BCUT2D eigenvalue weighted by molar-refractivity contribution is 6.05. The molecule has 5 rings (SSSR count). The van der Waals surface area contributed by atoms with Crippen LogP contribution >= 0.6 is 0 Å². The fraction of sp³-hybridized carbons (Fsp3) is 0.536. The van der Waals surface area contributed by atoms with Gasteiger partial charge in [-0.3, -0.25) is 4.79 Å². The molecule has 3 heterocycles. The van der Waals surface area contributed by atoms with E-state index in [-0.39, 0.29) is 28.4 Å². The fourth-order valence-corrected chi connectivity index (χ4v) is 5.30. The van der Waals surface area contributed by atoms with Crippen LogP contribution in [0.15, 0.2) is 30.3 Å². The molecule has 44 heavy (non-hydrogen) atoms. The first-order valence-electron chi connectivity index (χ1n) is 13.6. The maximum absolute atomic E-state index is 13.7. The second kappa shape index (κ2) is 12.6. The van der Waals surface area contributed by atoms with Crippen LogP contribution < -0.4 is 9.47 Å². The van der Waals surface area contributed by atoms with Crippen LogP contribution in [0.25, 0.3) is 0 Å². The smallest absolute Gasteiger partial charge is 0.203 e. The first-order chi connectivity index (χ1) is 20.8. The highest BCUT2D eigenvalue weighted by atomic mass is 16.7. The summed E-state index contributed by atoms with van der Waals surface area (Å²) in [7, 11) is 1.30. The molecule has 3 aliphatic heterocycles. The summed E-state index contributed by atoms with van der Waals surface area (Å²) in [6.45, 7) is 0.866. The Morgan fingerprint density at radius 3 is 2.18 bits per heavy atom. The van der Waals surface area contributed by atoms with Gasteiger partial charge in [0.25, 0.3) is 0 Å². The molecule has 12 atom stereocenters. The van der Waals surface area contributed by atoms with Gasteiger partial charge in [-0.05, 0) is 24.6 Å². The molecule has 3 aliphatic rings. The normalized spacial score (nSPS) is 37.2. The first-order valence-corrected chi connectivity index (χ1v) is 13.6. The third kappa shape index (κ3) is 5.89. The number of Topliss-reactive ketones (excluding diaryl/α,β-unsaturated/α-hetero) is 1. The van der Waals surface area contributed by atoms with Crippen molar-refractivity contribution in [3.63, 3.8) is 0 Å². The molecule has 0 amide bonds. The van der Waals surface area contributed by atoms with E-state index in [0.717, 1.165) is 12.1 Å². The van der Waals surface area contributed by atoms with Crippen molar-refractivity contribution in [2.75, 3.05) is 13.7 Å². The van der Waals surface area contributed by atoms with Crippen LogP contribution in [0, 0.1) is 0 Å². The first kappa shape index (κ1) is 32.1. The van der Waals surface area contributed by atoms with Gasteiger partial charge in [-0.25, -0.2) is 0 Å². The Morgan fingerprint density at radius 2 is 1.48 bits per heavy atom. The van der Waals surface area contributed by atoms with E-state index in [1.807, 2.05) is 0 Å². The number of fused-ring (bicyclic) bond motifs is 1. The van der Waals surface area contributed by atoms with Crippen molar-refractivity contribution >= 4 is 5.78 Å². The minimum absolute atomic E-state index is 0.0191. The van der Waals surface area contributed by atoms with Gasteiger partial charge in [0.1, 0.15) is 65.5 Å². The zero-order chi connectivity index (χ0) is 32.0. The number of hydrogen-bond acceptors (Lipinski definition) is 16. The van der Waals surface area contributed by atoms with Crippen molar-refractivity contribution in [2.45, 2.75) is 80.5 Å². The number of carbonyl (C=O) groups excluding carboxylic acids is 1. The fourth-order valence-electron chi connectivity index (χ4n) is 5.30. The van der Waals surface area contributed by atoms with E-state index in [1.54, 1.807) is 0 Å². The van der Waals surface area contributed by atoms with E-state index in [1.165, 1.54) is 32.2 Å². The summed E-state index contributed by atoms with van der Waals surface area (Å²) in [6.07, 6.45) is -18.8. The maximum atomic E-state index is 13.7. The second-order valence-electron chi connectivity index (χ2n) is 10.8. The van der Waals surface area contributed by atoms with Crippen LogP contribution in [0.5, 0.6) is 28.7 Å². The summed E-state index contributed by atoms with van der Waals surface area (Å²) in [5.74, 6) is -2.27. The summed E-state index contributed by atoms with van der Waals surface area (Å²) in [5.41, 5.74) is -0.116. The predicted molar refractivity (Wildman–Crippen MR) is 142 cm³/mol. The second-order valence-corrected chi connectivity index (χ2v) is 10.8. The van der Waals surface area contributed by atoms with Gasteiger partial charge in [-0.15, -0.1) is 0 Å².